The first kappa shape index (κ1) is 16.0. The summed E-state index contributed by atoms with van der Waals surface area (Å²) in [4.78, 5) is 2.44. The molecular weight excluding hydrogens is 288 g/mol. The molecule has 2 aromatic rings. The Morgan fingerprint density at radius 2 is 1.83 bits per heavy atom. The maximum atomic E-state index is 5.39. The van der Waals surface area contributed by atoms with Crippen molar-refractivity contribution in [1.82, 2.24) is 14.7 Å². The first-order valence-corrected chi connectivity index (χ1v) is 8.25. The maximum absolute atomic E-state index is 5.39. The molecule has 1 aromatic heterocycles. The second-order valence-corrected chi connectivity index (χ2v) is 6.21. The summed E-state index contributed by atoms with van der Waals surface area (Å²) in [5.41, 5.74) is 6.11. The Hall–Kier alpha value is -1.85. The number of aromatic nitrogens is 2. The van der Waals surface area contributed by atoms with Crippen LogP contribution in [0.1, 0.15) is 22.5 Å². The summed E-state index contributed by atoms with van der Waals surface area (Å²) in [7, 11) is 1.99. The van der Waals surface area contributed by atoms with Crippen LogP contribution < -0.4 is 5.32 Å². The fourth-order valence-electron chi connectivity index (χ4n) is 3.01. The van der Waals surface area contributed by atoms with E-state index in [1.807, 2.05) is 11.7 Å². The van der Waals surface area contributed by atoms with Gasteiger partial charge < -0.3 is 10.1 Å². The van der Waals surface area contributed by atoms with Gasteiger partial charge in [0.1, 0.15) is 0 Å². The van der Waals surface area contributed by atoms with E-state index in [0.717, 1.165) is 50.8 Å². The molecule has 23 heavy (non-hydrogen) atoms. The zero-order valence-corrected chi connectivity index (χ0v) is 14.3. The third kappa shape index (κ3) is 3.92. The van der Waals surface area contributed by atoms with Crippen LogP contribution in [0.15, 0.2) is 24.3 Å². The lowest BCUT2D eigenvalue weighted by Gasteiger charge is -2.26. The van der Waals surface area contributed by atoms with E-state index in [9.17, 15) is 0 Å². The standard InChI is InChI=1S/C18H26N4O/c1-14-18(15(2)21(3)20-14)12-19-17-6-4-16(5-7-17)13-22-8-10-23-11-9-22/h4-7,19H,8-13H2,1-3H3. The molecule has 1 fully saturated rings. The topological polar surface area (TPSA) is 42.3 Å². The van der Waals surface area contributed by atoms with E-state index in [0.29, 0.717) is 0 Å². The number of morpholine rings is 1. The van der Waals surface area contributed by atoms with Crippen molar-refractivity contribution in [1.29, 1.82) is 0 Å². The zero-order valence-electron chi connectivity index (χ0n) is 14.3. The van der Waals surface area contributed by atoms with Gasteiger partial charge in [-0.2, -0.15) is 5.10 Å². The molecule has 1 aliphatic rings. The van der Waals surface area contributed by atoms with E-state index in [2.05, 4.69) is 53.4 Å². The second kappa shape index (κ2) is 7.15. The maximum Gasteiger partial charge on any atom is 0.0646 e. The van der Waals surface area contributed by atoms with Crippen molar-refractivity contribution in [2.75, 3.05) is 31.6 Å². The third-order valence-corrected chi connectivity index (χ3v) is 4.59. The molecule has 2 heterocycles. The molecule has 1 aromatic carbocycles. The van der Waals surface area contributed by atoms with E-state index in [1.54, 1.807) is 0 Å². The van der Waals surface area contributed by atoms with Crippen molar-refractivity contribution in [3.63, 3.8) is 0 Å². The van der Waals surface area contributed by atoms with Crippen LogP contribution in [0.25, 0.3) is 0 Å². The number of hydrogen-bond acceptors (Lipinski definition) is 4. The zero-order chi connectivity index (χ0) is 16.2. The van der Waals surface area contributed by atoms with Gasteiger partial charge in [-0.3, -0.25) is 9.58 Å². The molecule has 0 saturated carbocycles. The van der Waals surface area contributed by atoms with Crippen LogP contribution in [0.4, 0.5) is 5.69 Å². The Labute approximate surface area is 138 Å². The summed E-state index contributed by atoms with van der Waals surface area (Å²) < 4.78 is 7.34. The monoisotopic (exact) mass is 314 g/mol. The highest BCUT2D eigenvalue weighted by Crippen LogP contribution is 2.16. The Morgan fingerprint density at radius 1 is 1.13 bits per heavy atom. The van der Waals surface area contributed by atoms with Gasteiger partial charge in [-0.15, -0.1) is 0 Å². The fourth-order valence-corrected chi connectivity index (χ4v) is 3.01. The molecule has 5 heteroatoms. The predicted octanol–water partition coefficient (Wildman–Crippen LogP) is 2.48. The van der Waals surface area contributed by atoms with Crippen LogP contribution in [0.3, 0.4) is 0 Å². The summed E-state index contributed by atoms with van der Waals surface area (Å²) in [5.74, 6) is 0. The van der Waals surface area contributed by atoms with Gasteiger partial charge in [-0.05, 0) is 31.5 Å². The normalized spacial score (nSPS) is 15.8. The van der Waals surface area contributed by atoms with Crippen LogP contribution in [-0.2, 0) is 24.9 Å². The van der Waals surface area contributed by atoms with E-state index < -0.39 is 0 Å². The van der Waals surface area contributed by atoms with Gasteiger partial charge in [0, 0.05) is 50.2 Å². The SMILES string of the molecule is Cc1nn(C)c(C)c1CNc1ccc(CN2CCOCC2)cc1. The second-order valence-electron chi connectivity index (χ2n) is 6.21. The number of aryl methyl sites for hydroxylation is 2. The summed E-state index contributed by atoms with van der Waals surface area (Å²) >= 11 is 0. The van der Waals surface area contributed by atoms with Gasteiger partial charge in [-0.1, -0.05) is 12.1 Å². The molecule has 0 bridgehead atoms. The van der Waals surface area contributed by atoms with Crippen LogP contribution in [0, 0.1) is 13.8 Å². The Morgan fingerprint density at radius 3 is 2.43 bits per heavy atom. The van der Waals surface area contributed by atoms with Crippen molar-refractivity contribution in [3.8, 4) is 0 Å². The highest BCUT2D eigenvalue weighted by atomic mass is 16.5. The summed E-state index contributed by atoms with van der Waals surface area (Å²) in [6.07, 6.45) is 0. The number of hydrogen-bond donors (Lipinski definition) is 1. The minimum absolute atomic E-state index is 0.814. The predicted molar refractivity (Wildman–Crippen MR) is 92.5 cm³/mol. The minimum Gasteiger partial charge on any atom is -0.381 e. The number of ether oxygens (including phenoxy) is 1. The summed E-state index contributed by atoms with van der Waals surface area (Å²) in [6.45, 7) is 9.75. The van der Waals surface area contributed by atoms with Gasteiger partial charge in [0.15, 0.2) is 0 Å². The van der Waals surface area contributed by atoms with E-state index in [-0.39, 0.29) is 0 Å². The Bertz CT molecular complexity index is 642. The number of nitrogens with one attached hydrogen (secondary N) is 1. The molecule has 0 aliphatic carbocycles. The molecule has 0 radical (unpaired) electrons. The first-order chi connectivity index (χ1) is 11.1. The molecule has 124 valence electrons. The van der Waals surface area contributed by atoms with Crippen molar-refractivity contribution < 1.29 is 4.74 Å². The molecule has 0 unspecified atom stereocenters. The van der Waals surface area contributed by atoms with E-state index >= 15 is 0 Å². The number of benzene rings is 1. The Kier molecular flexibility index (Phi) is 4.98. The number of rotatable bonds is 5. The highest BCUT2D eigenvalue weighted by molar-refractivity contribution is 5.45. The highest BCUT2D eigenvalue weighted by Gasteiger charge is 2.11. The lowest BCUT2D eigenvalue weighted by molar-refractivity contribution is 0.0342. The quantitative estimate of drug-likeness (QED) is 0.921. The van der Waals surface area contributed by atoms with Crippen LogP contribution in [0.5, 0.6) is 0 Å². The van der Waals surface area contributed by atoms with E-state index in [1.165, 1.54) is 16.8 Å². The van der Waals surface area contributed by atoms with Crippen molar-refractivity contribution in [2.45, 2.75) is 26.9 Å². The van der Waals surface area contributed by atoms with Gasteiger partial charge in [0.05, 0.1) is 18.9 Å². The third-order valence-electron chi connectivity index (χ3n) is 4.59. The molecule has 1 saturated heterocycles. The average molecular weight is 314 g/mol. The van der Waals surface area contributed by atoms with Gasteiger partial charge in [-0.25, -0.2) is 0 Å². The average Bonchev–Trinajstić information content (AvgIpc) is 2.80. The van der Waals surface area contributed by atoms with Gasteiger partial charge in [0.2, 0.25) is 0 Å². The molecule has 5 nitrogen and oxygen atoms in total. The summed E-state index contributed by atoms with van der Waals surface area (Å²) in [6, 6.07) is 8.75. The van der Waals surface area contributed by atoms with Crippen molar-refractivity contribution in [3.05, 3.63) is 46.8 Å². The molecule has 1 N–H and O–H groups in total. The van der Waals surface area contributed by atoms with Crippen LogP contribution in [-0.4, -0.2) is 41.0 Å². The van der Waals surface area contributed by atoms with Crippen molar-refractivity contribution >= 4 is 5.69 Å². The van der Waals surface area contributed by atoms with Crippen LogP contribution in [0.2, 0.25) is 0 Å². The van der Waals surface area contributed by atoms with Gasteiger partial charge >= 0.3 is 0 Å². The first-order valence-electron chi connectivity index (χ1n) is 8.25. The van der Waals surface area contributed by atoms with Crippen LogP contribution >= 0.6 is 0 Å². The fraction of sp³-hybridized carbons (Fsp3) is 0.500. The van der Waals surface area contributed by atoms with Gasteiger partial charge in [0.25, 0.3) is 0 Å². The molecule has 1 aliphatic heterocycles. The molecule has 3 rings (SSSR count). The number of anilines is 1. The largest absolute Gasteiger partial charge is 0.381 e. The molecule has 0 spiro atoms. The lowest BCUT2D eigenvalue weighted by Crippen LogP contribution is -2.35. The molecule has 0 amide bonds. The van der Waals surface area contributed by atoms with E-state index in [4.69, 9.17) is 4.74 Å². The smallest absolute Gasteiger partial charge is 0.0646 e. The number of nitrogens with zero attached hydrogens (tertiary/aromatic N) is 3. The Balaban J connectivity index is 1.57. The van der Waals surface area contributed by atoms with Crippen molar-refractivity contribution in [2.24, 2.45) is 7.05 Å². The minimum atomic E-state index is 0.814. The lowest BCUT2D eigenvalue weighted by atomic mass is 10.1. The summed E-state index contributed by atoms with van der Waals surface area (Å²) in [5, 5.41) is 7.96. The molecule has 0 atom stereocenters. The molecular formula is C18H26N4O.